The highest BCUT2D eigenvalue weighted by atomic mass is 16.5. The molecule has 0 saturated heterocycles. The molecule has 1 aliphatic carbocycles. The van der Waals surface area contributed by atoms with Gasteiger partial charge < -0.3 is 10.1 Å². The highest BCUT2D eigenvalue weighted by molar-refractivity contribution is 5.37. The van der Waals surface area contributed by atoms with Gasteiger partial charge in [0, 0.05) is 6.04 Å². The van der Waals surface area contributed by atoms with Gasteiger partial charge in [0.1, 0.15) is 5.75 Å². The third kappa shape index (κ3) is 2.79. The fourth-order valence-electron chi connectivity index (χ4n) is 3.67. The Hall–Kier alpha value is -1.02. The molecule has 0 amide bonds. The van der Waals surface area contributed by atoms with Crippen molar-refractivity contribution in [2.75, 3.05) is 14.2 Å². The number of hydrogen-bond acceptors (Lipinski definition) is 2. The van der Waals surface area contributed by atoms with Gasteiger partial charge in [-0.2, -0.15) is 0 Å². The molecular weight excluding hydrogens is 234 g/mol. The van der Waals surface area contributed by atoms with Gasteiger partial charge >= 0.3 is 0 Å². The molecule has 1 aromatic carbocycles. The molecule has 1 saturated carbocycles. The van der Waals surface area contributed by atoms with E-state index in [0.717, 1.165) is 5.75 Å². The Morgan fingerprint density at radius 1 is 1.37 bits per heavy atom. The second-order valence-corrected chi connectivity index (χ2v) is 6.48. The van der Waals surface area contributed by atoms with Gasteiger partial charge in [0.25, 0.3) is 0 Å². The van der Waals surface area contributed by atoms with Gasteiger partial charge in [-0.1, -0.05) is 26.3 Å². The minimum absolute atomic E-state index is 0.431. The molecule has 0 radical (unpaired) electrons. The first-order valence-corrected chi connectivity index (χ1v) is 7.31. The molecule has 2 atom stereocenters. The van der Waals surface area contributed by atoms with Crippen LogP contribution in [0.5, 0.6) is 5.75 Å². The lowest BCUT2D eigenvalue weighted by atomic mass is 9.75. The average molecular weight is 261 g/mol. The fourth-order valence-corrected chi connectivity index (χ4v) is 3.67. The molecule has 1 aliphatic rings. The zero-order chi connectivity index (χ0) is 14.0. The maximum absolute atomic E-state index is 5.31. The van der Waals surface area contributed by atoms with E-state index in [-0.39, 0.29) is 0 Å². The lowest BCUT2D eigenvalue weighted by Crippen LogP contribution is -2.32. The summed E-state index contributed by atoms with van der Waals surface area (Å²) in [6.45, 7) is 7.01. The van der Waals surface area contributed by atoms with Crippen LogP contribution >= 0.6 is 0 Å². The summed E-state index contributed by atoms with van der Waals surface area (Å²) in [5.74, 6) is 1.66. The van der Waals surface area contributed by atoms with E-state index >= 15 is 0 Å². The van der Waals surface area contributed by atoms with Crippen LogP contribution in [0.2, 0.25) is 0 Å². The van der Waals surface area contributed by atoms with Crippen molar-refractivity contribution in [2.45, 2.75) is 46.1 Å². The van der Waals surface area contributed by atoms with Crippen molar-refractivity contribution in [2.24, 2.45) is 11.3 Å². The summed E-state index contributed by atoms with van der Waals surface area (Å²) < 4.78 is 5.31. The van der Waals surface area contributed by atoms with E-state index in [4.69, 9.17) is 4.74 Å². The van der Waals surface area contributed by atoms with E-state index in [1.54, 1.807) is 7.11 Å². The van der Waals surface area contributed by atoms with Crippen LogP contribution in [0.1, 0.15) is 50.3 Å². The topological polar surface area (TPSA) is 21.3 Å². The number of ether oxygens (including phenoxy) is 1. The maximum atomic E-state index is 5.31. The molecule has 1 aromatic rings. The van der Waals surface area contributed by atoms with Gasteiger partial charge in [-0.15, -0.1) is 0 Å². The standard InChI is InChI=1S/C17H27NO/c1-12-11-13(19-5)8-9-14(12)16(18-4)15-7-6-10-17(15,2)3/h8-9,11,15-16,18H,6-7,10H2,1-5H3. The zero-order valence-corrected chi connectivity index (χ0v) is 12.9. The number of hydrogen-bond donors (Lipinski definition) is 1. The van der Waals surface area contributed by atoms with Gasteiger partial charge in [-0.3, -0.25) is 0 Å². The fraction of sp³-hybridized carbons (Fsp3) is 0.647. The number of methoxy groups -OCH3 is 1. The highest BCUT2D eigenvalue weighted by Gasteiger charge is 2.39. The second kappa shape index (κ2) is 5.54. The van der Waals surface area contributed by atoms with E-state index < -0.39 is 0 Å². The predicted octanol–water partition coefficient (Wildman–Crippen LogP) is 4.09. The first-order valence-electron chi connectivity index (χ1n) is 7.31. The van der Waals surface area contributed by atoms with Crippen LogP contribution in [0.25, 0.3) is 0 Å². The van der Waals surface area contributed by atoms with Gasteiger partial charge in [-0.25, -0.2) is 0 Å². The second-order valence-electron chi connectivity index (χ2n) is 6.48. The molecule has 1 fully saturated rings. The lowest BCUT2D eigenvalue weighted by Gasteiger charge is -2.35. The van der Waals surface area contributed by atoms with Crippen LogP contribution in [-0.4, -0.2) is 14.2 Å². The summed E-state index contributed by atoms with van der Waals surface area (Å²) in [7, 11) is 3.81. The van der Waals surface area contributed by atoms with Crippen LogP contribution in [0.4, 0.5) is 0 Å². The largest absolute Gasteiger partial charge is 0.497 e. The maximum Gasteiger partial charge on any atom is 0.119 e. The molecule has 2 unspecified atom stereocenters. The third-order valence-electron chi connectivity index (χ3n) is 4.87. The molecule has 0 aromatic heterocycles. The third-order valence-corrected chi connectivity index (χ3v) is 4.87. The van der Waals surface area contributed by atoms with Crippen molar-refractivity contribution in [3.05, 3.63) is 29.3 Å². The quantitative estimate of drug-likeness (QED) is 0.881. The zero-order valence-electron chi connectivity index (χ0n) is 12.9. The van der Waals surface area contributed by atoms with Crippen molar-refractivity contribution in [1.82, 2.24) is 5.32 Å². The molecule has 1 N–H and O–H groups in total. The first kappa shape index (κ1) is 14.4. The van der Waals surface area contributed by atoms with Crippen LogP contribution in [-0.2, 0) is 0 Å². The summed E-state index contributed by atoms with van der Waals surface area (Å²) >= 11 is 0. The molecule has 19 heavy (non-hydrogen) atoms. The highest BCUT2D eigenvalue weighted by Crippen LogP contribution is 2.49. The lowest BCUT2D eigenvalue weighted by molar-refractivity contribution is 0.203. The minimum Gasteiger partial charge on any atom is -0.497 e. The van der Waals surface area contributed by atoms with Gasteiger partial charge in [-0.05, 0) is 61.4 Å². The normalized spacial score (nSPS) is 23.3. The Morgan fingerprint density at radius 3 is 2.58 bits per heavy atom. The van der Waals surface area contributed by atoms with E-state index in [0.29, 0.717) is 17.4 Å². The average Bonchev–Trinajstić information content (AvgIpc) is 2.72. The van der Waals surface area contributed by atoms with Crippen LogP contribution in [0, 0.1) is 18.3 Å². The number of benzene rings is 1. The molecular formula is C17H27NO. The molecule has 2 nitrogen and oxygen atoms in total. The van der Waals surface area contributed by atoms with Crippen molar-refractivity contribution in [1.29, 1.82) is 0 Å². The predicted molar refractivity (Wildman–Crippen MR) is 80.7 cm³/mol. The van der Waals surface area contributed by atoms with E-state index in [2.05, 4.69) is 51.3 Å². The van der Waals surface area contributed by atoms with E-state index in [1.165, 1.54) is 30.4 Å². The number of aryl methyl sites for hydroxylation is 1. The van der Waals surface area contributed by atoms with Crippen molar-refractivity contribution >= 4 is 0 Å². The van der Waals surface area contributed by atoms with Crippen molar-refractivity contribution in [3.63, 3.8) is 0 Å². The van der Waals surface area contributed by atoms with Crippen LogP contribution < -0.4 is 10.1 Å². The first-order chi connectivity index (χ1) is 8.99. The van der Waals surface area contributed by atoms with Gasteiger partial charge in [0.05, 0.1) is 7.11 Å². The molecule has 2 heteroatoms. The summed E-state index contributed by atoms with van der Waals surface area (Å²) in [4.78, 5) is 0. The van der Waals surface area contributed by atoms with E-state index in [9.17, 15) is 0 Å². The molecule has 0 spiro atoms. The molecule has 0 aliphatic heterocycles. The SMILES string of the molecule is CNC(c1ccc(OC)cc1C)C1CCCC1(C)C. The number of rotatable bonds is 4. The number of nitrogens with one attached hydrogen (secondary N) is 1. The monoisotopic (exact) mass is 261 g/mol. The molecule has 106 valence electrons. The summed E-state index contributed by atoms with van der Waals surface area (Å²) in [5, 5.41) is 3.55. The van der Waals surface area contributed by atoms with E-state index in [1.807, 2.05) is 0 Å². The summed E-state index contributed by atoms with van der Waals surface area (Å²) in [6.07, 6.45) is 4.01. The van der Waals surface area contributed by atoms with Crippen LogP contribution in [0.3, 0.4) is 0 Å². The summed E-state index contributed by atoms with van der Waals surface area (Å²) in [5.41, 5.74) is 3.17. The van der Waals surface area contributed by atoms with Crippen molar-refractivity contribution in [3.8, 4) is 5.75 Å². The Labute approximate surface area is 117 Å². The molecule has 0 bridgehead atoms. The van der Waals surface area contributed by atoms with Crippen LogP contribution in [0.15, 0.2) is 18.2 Å². The van der Waals surface area contributed by atoms with Gasteiger partial charge in [0.2, 0.25) is 0 Å². The molecule has 2 rings (SSSR count). The van der Waals surface area contributed by atoms with Crippen molar-refractivity contribution < 1.29 is 4.74 Å². The Bertz CT molecular complexity index is 439. The minimum atomic E-state index is 0.431. The Morgan fingerprint density at radius 2 is 2.11 bits per heavy atom. The Balaban J connectivity index is 2.32. The Kier molecular flexibility index (Phi) is 4.19. The smallest absolute Gasteiger partial charge is 0.119 e. The van der Waals surface area contributed by atoms with Gasteiger partial charge in [0.15, 0.2) is 0 Å². The molecule has 0 heterocycles. The summed E-state index contributed by atoms with van der Waals surface area (Å²) in [6, 6.07) is 6.89.